The minimum absolute atomic E-state index is 0.00258. The molecule has 6 rings (SSSR count). The zero-order valence-corrected chi connectivity index (χ0v) is 29.9. The van der Waals surface area contributed by atoms with E-state index in [-0.39, 0.29) is 35.6 Å². The summed E-state index contributed by atoms with van der Waals surface area (Å²) in [6.45, 7) is 12.0. The highest BCUT2D eigenvalue weighted by molar-refractivity contribution is 5.86. The van der Waals surface area contributed by atoms with E-state index in [2.05, 4.69) is 77.7 Å². The number of nitrogens with zero attached hydrogens (tertiary/aromatic N) is 4. The second-order valence-corrected chi connectivity index (χ2v) is 14.3. The van der Waals surface area contributed by atoms with Crippen molar-refractivity contribution in [2.24, 2.45) is 17.8 Å². The van der Waals surface area contributed by atoms with E-state index >= 15 is 0 Å². The Balaban J connectivity index is 1.07. The molecule has 3 N–H and O–H groups in total. The van der Waals surface area contributed by atoms with Gasteiger partial charge in [0.2, 0.25) is 11.8 Å². The summed E-state index contributed by atoms with van der Waals surface area (Å²) in [7, 11) is 1.30. The number of hydrogen-bond acceptors (Lipinski definition) is 6. The zero-order chi connectivity index (χ0) is 35.5. The molecule has 4 aromatic rings. The number of nitrogens with one attached hydrogen (secondary N) is 3. The minimum Gasteiger partial charge on any atom is -0.453 e. The summed E-state index contributed by atoms with van der Waals surface area (Å²) in [6, 6.07) is 16.1. The van der Waals surface area contributed by atoms with Gasteiger partial charge in [0, 0.05) is 55.0 Å². The first-order chi connectivity index (χ1) is 24.0. The zero-order valence-electron chi connectivity index (χ0n) is 29.9. The number of imidazole rings is 2. The van der Waals surface area contributed by atoms with E-state index in [1.807, 2.05) is 38.1 Å². The molecule has 11 nitrogen and oxygen atoms in total. The van der Waals surface area contributed by atoms with Gasteiger partial charge in [-0.15, -0.1) is 0 Å². The summed E-state index contributed by atoms with van der Waals surface area (Å²) in [5.74, 6) is 2.16. The second-order valence-electron chi connectivity index (χ2n) is 14.3. The third kappa shape index (κ3) is 7.32. The van der Waals surface area contributed by atoms with E-state index in [1.165, 1.54) is 7.11 Å². The topological polar surface area (TPSA) is 136 Å². The first-order valence-corrected chi connectivity index (χ1v) is 17.8. The van der Waals surface area contributed by atoms with Crippen LogP contribution in [0.1, 0.15) is 77.5 Å². The molecular weight excluding hydrogens is 630 g/mol. The molecule has 2 saturated heterocycles. The van der Waals surface area contributed by atoms with Gasteiger partial charge in [0.1, 0.15) is 17.7 Å². The molecule has 0 radical (unpaired) electrons. The van der Waals surface area contributed by atoms with Crippen LogP contribution >= 0.6 is 0 Å². The number of methoxy groups -OCH3 is 1. The van der Waals surface area contributed by atoms with Gasteiger partial charge in [0.25, 0.3) is 0 Å². The maximum absolute atomic E-state index is 13.2. The molecule has 3 amide bonds. The molecule has 2 aliphatic rings. The van der Waals surface area contributed by atoms with Crippen LogP contribution in [-0.2, 0) is 14.3 Å². The summed E-state index contributed by atoms with van der Waals surface area (Å²) >= 11 is 0. The van der Waals surface area contributed by atoms with Gasteiger partial charge < -0.3 is 29.8 Å². The number of likely N-dealkylation sites (tertiary alicyclic amines) is 2. The van der Waals surface area contributed by atoms with Crippen molar-refractivity contribution in [2.45, 2.75) is 71.9 Å². The molecule has 50 heavy (non-hydrogen) atoms. The number of aromatic amines is 2. The highest BCUT2D eigenvalue weighted by Crippen LogP contribution is 2.34. The fourth-order valence-corrected chi connectivity index (χ4v) is 6.96. The van der Waals surface area contributed by atoms with E-state index in [0.29, 0.717) is 19.0 Å². The van der Waals surface area contributed by atoms with Crippen LogP contribution in [0.2, 0.25) is 0 Å². The van der Waals surface area contributed by atoms with Crippen LogP contribution in [-0.4, -0.2) is 80.4 Å². The van der Waals surface area contributed by atoms with Crippen molar-refractivity contribution in [1.29, 1.82) is 0 Å². The monoisotopic (exact) mass is 679 g/mol. The molecule has 2 fully saturated rings. The predicted octanol–water partition coefficient (Wildman–Crippen LogP) is 6.79. The molecule has 4 atom stereocenters. The standard InChI is InChI=1S/C39H49N7O4/c1-23(2)25(5)37(47)46-18-7-8-33(46)36-41-21-32(43-36)29-15-11-27(12-16-29)26-9-13-28(14-10-26)31-20-40-35(42-31)30-17-19-45(22-30)38(48)34(24(3)4)44-39(49)50-6/h9-16,20-21,23-25,30,33-34H,7-8,17-19,22H2,1-6H3,(H,40,42)(H,41,43)(H,44,49)/t25-,30?,33-,34-/m0/s1. The lowest BCUT2D eigenvalue weighted by molar-refractivity contribution is -0.137. The Morgan fingerprint density at radius 2 is 1.32 bits per heavy atom. The highest BCUT2D eigenvalue weighted by atomic mass is 16.5. The lowest BCUT2D eigenvalue weighted by Crippen LogP contribution is -2.50. The molecule has 264 valence electrons. The van der Waals surface area contributed by atoms with E-state index in [0.717, 1.165) is 71.1 Å². The summed E-state index contributed by atoms with van der Waals surface area (Å²) in [6.07, 6.45) is 5.97. The number of rotatable bonds is 10. The summed E-state index contributed by atoms with van der Waals surface area (Å²) in [4.78, 5) is 58.5. The first-order valence-electron chi connectivity index (χ1n) is 17.8. The average molecular weight is 680 g/mol. The van der Waals surface area contributed by atoms with Crippen molar-refractivity contribution in [3.05, 3.63) is 72.6 Å². The van der Waals surface area contributed by atoms with Crippen LogP contribution in [0.4, 0.5) is 4.79 Å². The molecule has 0 spiro atoms. The molecule has 2 aromatic heterocycles. The Morgan fingerprint density at radius 1 is 0.760 bits per heavy atom. The third-order valence-electron chi connectivity index (χ3n) is 10.4. The van der Waals surface area contributed by atoms with Crippen LogP contribution in [0.3, 0.4) is 0 Å². The first kappa shape index (κ1) is 34.9. The molecule has 2 aromatic carbocycles. The van der Waals surface area contributed by atoms with Crippen LogP contribution in [0.5, 0.6) is 0 Å². The smallest absolute Gasteiger partial charge is 0.407 e. The van der Waals surface area contributed by atoms with Crippen molar-refractivity contribution in [3.8, 4) is 33.6 Å². The Labute approximate surface area is 294 Å². The predicted molar refractivity (Wildman–Crippen MR) is 193 cm³/mol. The van der Waals surface area contributed by atoms with Gasteiger partial charge in [-0.1, -0.05) is 83.1 Å². The Hall–Kier alpha value is -4.93. The van der Waals surface area contributed by atoms with E-state index in [9.17, 15) is 14.4 Å². The molecular formula is C39H49N7O4. The number of amides is 3. The number of ether oxygens (including phenoxy) is 1. The lowest BCUT2D eigenvalue weighted by atomic mass is 9.96. The molecule has 1 unspecified atom stereocenters. The van der Waals surface area contributed by atoms with E-state index < -0.39 is 12.1 Å². The van der Waals surface area contributed by atoms with Gasteiger partial charge in [-0.2, -0.15) is 0 Å². The number of benzene rings is 2. The molecule has 11 heteroatoms. The van der Waals surface area contributed by atoms with E-state index in [4.69, 9.17) is 14.7 Å². The van der Waals surface area contributed by atoms with Crippen LogP contribution in [0, 0.1) is 17.8 Å². The highest BCUT2D eigenvalue weighted by Gasteiger charge is 2.36. The van der Waals surface area contributed by atoms with Crippen molar-refractivity contribution in [1.82, 2.24) is 35.1 Å². The number of alkyl carbamates (subject to hydrolysis) is 1. The summed E-state index contributed by atoms with van der Waals surface area (Å²) in [5.41, 5.74) is 5.96. The Kier molecular flexibility index (Phi) is 10.4. The average Bonchev–Trinajstić information content (AvgIpc) is 3.96. The van der Waals surface area contributed by atoms with Crippen molar-refractivity contribution < 1.29 is 19.1 Å². The summed E-state index contributed by atoms with van der Waals surface area (Å²) < 4.78 is 4.72. The third-order valence-corrected chi connectivity index (χ3v) is 10.4. The maximum Gasteiger partial charge on any atom is 0.407 e. The fourth-order valence-electron chi connectivity index (χ4n) is 6.96. The van der Waals surface area contributed by atoms with Gasteiger partial charge in [-0.05, 0) is 42.2 Å². The number of aromatic nitrogens is 4. The van der Waals surface area contributed by atoms with Gasteiger partial charge in [-0.25, -0.2) is 14.8 Å². The maximum atomic E-state index is 13.2. The number of hydrogen-bond donors (Lipinski definition) is 3. The Bertz CT molecular complexity index is 1790. The van der Waals surface area contributed by atoms with Gasteiger partial charge in [0.05, 0.1) is 24.5 Å². The van der Waals surface area contributed by atoms with Gasteiger partial charge >= 0.3 is 6.09 Å². The normalized spacial score (nSPS) is 18.9. The molecule has 0 aliphatic carbocycles. The summed E-state index contributed by atoms with van der Waals surface area (Å²) in [5, 5.41) is 2.68. The van der Waals surface area contributed by atoms with Crippen molar-refractivity contribution in [3.63, 3.8) is 0 Å². The van der Waals surface area contributed by atoms with E-state index in [1.54, 1.807) is 4.90 Å². The van der Waals surface area contributed by atoms with Gasteiger partial charge in [0.15, 0.2) is 0 Å². The SMILES string of the molecule is COC(=O)N[C@H](C(=O)N1CCC(c2nc(-c3ccc(-c4ccc(-c5c[nH]c([C@@H]6CCCN6C(=O)[C@@H](C)C(C)C)n5)cc4)cc3)c[nH]2)C1)C(C)C. The van der Waals surface area contributed by atoms with Crippen LogP contribution in [0.25, 0.3) is 33.6 Å². The quantitative estimate of drug-likeness (QED) is 0.169. The molecule has 0 saturated carbocycles. The second kappa shape index (κ2) is 14.9. The Morgan fingerprint density at radius 3 is 1.88 bits per heavy atom. The minimum atomic E-state index is -0.634. The molecule has 4 heterocycles. The van der Waals surface area contributed by atoms with Crippen LogP contribution in [0.15, 0.2) is 60.9 Å². The number of carbonyl (C=O) groups is 3. The fraction of sp³-hybridized carbons (Fsp3) is 0.462. The van der Waals surface area contributed by atoms with Crippen molar-refractivity contribution >= 4 is 17.9 Å². The van der Waals surface area contributed by atoms with Crippen LogP contribution < -0.4 is 5.32 Å². The lowest BCUT2D eigenvalue weighted by Gasteiger charge is -2.27. The van der Waals surface area contributed by atoms with Gasteiger partial charge in [-0.3, -0.25) is 9.59 Å². The number of H-pyrrole nitrogens is 2. The number of carbonyl (C=O) groups excluding carboxylic acids is 3. The van der Waals surface area contributed by atoms with Crippen molar-refractivity contribution in [2.75, 3.05) is 26.7 Å². The molecule has 0 bridgehead atoms. The molecule has 2 aliphatic heterocycles. The largest absolute Gasteiger partial charge is 0.453 e.